The maximum atomic E-state index is 13.8. The molecule has 200 valence electrons. The van der Waals surface area contributed by atoms with E-state index in [-0.39, 0.29) is 23.0 Å². The van der Waals surface area contributed by atoms with Gasteiger partial charge in [0.25, 0.3) is 0 Å². The van der Waals surface area contributed by atoms with E-state index >= 15 is 0 Å². The van der Waals surface area contributed by atoms with Gasteiger partial charge in [-0.2, -0.15) is 0 Å². The Morgan fingerprint density at radius 2 is 1.62 bits per heavy atom. The van der Waals surface area contributed by atoms with Crippen LogP contribution in [0.15, 0.2) is 48.5 Å². The summed E-state index contributed by atoms with van der Waals surface area (Å²) in [6, 6.07) is 13.8. The molecule has 2 aromatic rings. The zero-order chi connectivity index (χ0) is 26.8. The van der Waals surface area contributed by atoms with Crippen LogP contribution in [0.1, 0.15) is 38.2 Å². The highest BCUT2D eigenvalue weighted by molar-refractivity contribution is 8.13. The number of methoxy groups -OCH3 is 3. The highest BCUT2D eigenvalue weighted by Crippen LogP contribution is 2.40. The van der Waals surface area contributed by atoms with Crippen LogP contribution in [0.2, 0.25) is 0 Å². The Balaban J connectivity index is 1.85. The molecule has 0 aliphatic heterocycles. The van der Waals surface area contributed by atoms with Crippen molar-refractivity contribution in [1.29, 1.82) is 0 Å². The lowest BCUT2D eigenvalue weighted by atomic mass is 9.73. The van der Waals surface area contributed by atoms with Crippen LogP contribution in [0.3, 0.4) is 0 Å². The zero-order valence-electron chi connectivity index (χ0n) is 21.9. The number of amides is 2. The average Bonchev–Trinajstić information content (AvgIpc) is 2.91. The molecule has 8 nitrogen and oxygen atoms in total. The Hall–Kier alpha value is -3.04. The van der Waals surface area contributed by atoms with E-state index in [9.17, 15) is 14.4 Å². The first-order chi connectivity index (χ1) is 17.8. The second-order valence-electron chi connectivity index (χ2n) is 9.30. The predicted octanol–water partition coefficient (Wildman–Crippen LogP) is 4.22. The Morgan fingerprint density at radius 3 is 2.16 bits per heavy atom. The lowest BCUT2D eigenvalue weighted by molar-refractivity contribution is -0.136. The molecule has 1 aliphatic rings. The van der Waals surface area contributed by atoms with Crippen LogP contribution in [-0.4, -0.2) is 56.2 Å². The summed E-state index contributed by atoms with van der Waals surface area (Å²) in [5, 5.41) is 5.90. The first-order valence-corrected chi connectivity index (χ1v) is 13.3. The summed E-state index contributed by atoms with van der Waals surface area (Å²) in [5.74, 6) is 0.876. The molecular formula is C28H36N2O6S. The topological polar surface area (TPSA) is 103 Å². The van der Waals surface area contributed by atoms with E-state index in [1.165, 1.54) is 21.1 Å². The number of ether oxygens (including phenoxy) is 3. The number of carbonyl (C=O) groups excluding carboxylic acids is 3. The van der Waals surface area contributed by atoms with Crippen molar-refractivity contribution in [1.82, 2.24) is 5.32 Å². The third-order valence-electron chi connectivity index (χ3n) is 6.78. The Morgan fingerprint density at radius 1 is 1.00 bits per heavy atom. The molecule has 0 unspecified atom stereocenters. The molecular weight excluding hydrogens is 492 g/mol. The summed E-state index contributed by atoms with van der Waals surface area (Å²) in [5.41, 5.74) is 0.664. The second kappa shape index (κ2) is 13.5. The highest BCUT2D eigenvalue weighted by Gasteiger charge is 2.43. The summed E-state index contributed by atoms with van der Waals surface area (Å²) in [6.45, 7) is 1.51. The summed E-state index contributed by atoms with van der Waals surface area (Å²) in [7, 11) is 4.75. The molecule has 1 atom stereocenters. The van der Waals surface area contributed by atoms with Gasteiger partial charge in [-0.05, 0) is 31.2 Å². The van der Waals surface area contributed by atoms with E-state index in [0.717, 1.165) is 30.2 Å². The van der Waals surface area contributed by atoms with Gasteiger partial charge < -0.3 is 24.8 Å². The van der Waals surface area contributed by atoms with Crippen molar-refractivity contribution < 1.29 is 28.6 Å². The van der Waals surface area contributed by atoms with E-state index in [4.69, 9.17) is 14.2 Å². The number of benzene rings is 2. The van der Waals surface area contributed by atoms with E-state index < -0.39 is 11.5 Å². The molecule has 1 fully saturated rings. The fourth-order valence-electron chi connectivity index (χ4n) is 4.54. The van der Waals surface area contributed by atoms with Gasteiger partial charge in [-0.1, -0.05) is 42.1 Å². The van der Waals surface area contributed by atoms with Crippen LogP contribution in [0, 0.1) is 5.41 Å². The van der Waals surface area contributed by atoms with Gasteiger partial charge in [-0.25, -0.2) is 0 Å². The molecule has 2 aromatic carbocycles. The van der Waals surface area contributed by atoms with Crippen LogP contribution < -0.4 is 20.1 Å². The van der Waals surface area contributed by atoms with Gasteiger partial charge in [0.15, 0.2) is 5.12 Å². The van der Waals surface area contributed by atoms with Gasteiger partial charge in [0, 0.05) is 50.1 Å². The number of hydrogen-bond donors (Lipinski definition) is 2. The maximum Gasteiger partial charge on any atom is 0.247 e. The molecule has 0 aromatic heterocycles. The molecule has 37 heavy (non-hydrogen) atoms. The SMILES string of the molecule is COc1cc(NC(=O)[C@H](Cc2ccccc2)NC(=O)[C@]2(CSC(C)=O)CC[C@H](OC)CC2)cc(OC)c1. The first kappa shape index (κ1) is 28.5. The number of carbonyl (C=O) groups is 3. The van der Waals surface area contributed by atoms with Gasteiger partial charge in [0.1, 0.15) is 17.5 Å². The van der Waals surface area contributed by atoms with Crippen LogP contribution in [-0.2, 0) is 25.5 Å². The van der Waals surface area contributed by atoms with Gasteiger partial charge in [-0.15, -0.1) is 0 Å². The minimum Gasteiger partial charge on any atom is -0.497 e. The molecule has 3 rings (SSSR count). The molecule has 9 heteroatoms. The minimum absolute atomic E-state index is 0.0356. The molecule has 0 heterocycles. The molecule has 2 amide bonds. The predicted molar refractivity (Wildman–Crippen MR) is 145 cm³/mol. The Bertz CT molecular complexity index is 1050. The molecule has 2 N–H and O–H groups in total. The number of thioether (sulfide) groups is 1. The second-order valence-corrected chi connectivity index (χ2v) is 10.5. The Labute approximate surface area is 222 Å². The third-order valence-corrected chi connectivity index (χ3v) is 7.88. The minimum atomic E-state index is -0.827. The van der Waals surface area contributed by atoms with Crippen LogP contribution in [0.25, 0.3) is 0 Å². The largest absolute Gasteiger partial charge is 0.497 e. The van der Waals surface area contributed by atoms with Crippen LogP contribution >= 0.6 is 11.8 Å². The van der Waals surface area contributed by atoms with Crippen molar-refractivity contribution in [2.75, 3.05) is 32.4 Å². The standard InChI is InChI=1S/C28H36N2O6S/c1-19(31)37-18-28(12-10-22(34-2)11-13-28)27(33)30-25(14-20-8-6-5-7-9-20)26(32)29-21-15-23(35-3)17-24(16-21)36-4/h5-9,15-17,22,25H,10-14,18H2,1-4H3,(H,29,32)(H,30,33)/t22-,25-,28+/m0/s1. The van der Waals surface area contributed by atoms with E-state index in [1.54, 1.807) is 25.3 Å². The van der Waals surface area contributed by atoms with Crippen molar-refractivity contribution in [2.45, 2.75) is 51.2 Å². The quantitative estimate of drug-likeness (QED) is 0.450. The number of hydrogen-bond acceptors (Lipinski definition) is 7. The summed E-state index contributed by atoms with van der Waals surface area (Å²) in [4.78, 5) is 39.1. The normalized spacial score (nSPS) is 19.9. The zero-order valence-corrected chi connectivity index (χ0v) is 22.7. The number of nitrogens with one attached hydrogen (secondary N) is 2. The van der Waals surface area contributed by atoms with E-state index in [2.05, 4.69) is 10.6 Å². The molecule has 1 saturated carbocycles. The Kier molecular flexibility index (Phi) is 10.4. The van der Waals surface area contributed by atoms with Crippen molar-refractivity contribution in [3.8, 4) is 11.5 Å². The fraction of sp³-hybridized carbons (Fsp3) is 0.464. The van der Waals surface area contributed by atoms with Gasteiger partial charge in [-0.3, -0.25) is 14.4 Å². The summed E-state index contributed by atoms with van der Waals surface area (Å²) >= 11 is 1.16. The van der Waals surface area contributed by atoms with Crippen molar-refractivity contribution in [2.24, 2.45) is 5.41 Å². The fourth-order valence-corrected chi connectivity index (χ4v) is 5.44. The highest BCUT2D eigenvalue weighted by atomic mass is 32.2. The lowest BCUT2D eigenvalue weighted by Crippen LogP contribution is -2.53. The molecule has 0 bridgehead atoms. The van der Waals surface area contributed by atoms with Gasteiger partial charge in [0.05, 0.1) is 25.7 Å². The summed E-state index contributed by atoms with van der Waals surface area (Å²) in [6.07, 6.45) is 3.03. The molecule has 0 saturated heterocycles. The number of rotatable bonds is 11. The molecule has 0 radical (unpaired) electrons. The number of anilines is 1. The third kappa shape index (κ3) is 7.97. The first-order valence-electron chi connectivity index (χ1n) is 12.3. The average molecular weight is 529 g/mol. The van der Waals surface area contributed by atoms with Gasteiger partial charge in [0.2, 0.25) is 11.8 Å². The van der Waals surface area contributed by atoms with E-state index in [1.807, 2.05) is 30.3 Å². The molecule has 0 spiro atoms. The van der Waals surface area contributed by atoms with Crippen LogP contribution in [0.5, 0.6) is 11.5 Å². The summed E-state index contributed by atoms with van der Waals surface area (Å²) < 4.78 is 16.1. The maximum absolute atomic E-state index is 13.8. The van der Waals surface area contributed by atoms with Crippen molar-refractivity contribution >= 4 is 34.4 Å². The lowest BCUT2D eigenvalue weighted by Gasteiger charge is -2.39. The molecule has 1 aliphatic carbocycles. The van der Waals surface area contributed by atoms with Crippen molar-refractivity contribution in [3.63, 3.8) is 0 Å². The van der Waals surface area contributed by atoms with Gasteiger partial charge >= 0.3 is 0 Å². The monoisotopic (exact) mass is 528 g/mol. The van der Waals surface area contributed by atoms with E-state index in [0.29, 0.717) is 42.2 Å². The smallest absolute Gasteiger partial charge is 0.247 e. The van der Waals surface area contributed by atoms with Crippen molar-refractivity contribution in [3.05, 3.63) is 54.1 Å². The van der Waals surface area contributed by atoms with Crippen LogP contribution in [0.4, 0.5) is 5.69 Å².